The van der Waals surface area contributed by atoms with E-state index in [0.717, 1.165) is 38.3 Å². The van der Waals surface area contributed by atoms with E-state index < -0.39 is 5.60 Å². The summed E-state index contributed by atoms with van der Waals surface area (Å²) < 4.78 is 0. The molecule has 3 saturated carbocycles. The fourth-order valence-electron chi connectivity index (χ4n) is 4.85. The third kappa shape index (κ3) is 1.66. The number of aliphatic hydroxyl groups is 2. The molecule has 0 radical (unpaired) electrons. The minimum absolute atomic E-state index is 0.184. The molecular formula is C14H25NO2. The molecule has 98 valence electrons. The first kappa shape index (κ1) is 11.9. The van der Waals surface area contributed by atoms with E-state index >= 15 is 0 Å². The summed E-state index contributed by atoms with van der Waals surface area (Å²) in [7, 11) is 0. The van der Waals surface area contributed by atoms with Crippen LogP contribution in [0.15, 0.2) is 0 Å². The van der Waals surface area contributed by atoms with Crippen LogP contribution in [0.1, 0.15) is 44.9 Å². The Kier molecular flexibility index (Phi) is 2.96. The summed E-state index contributed by atoms with van der Waals surface area (Å²) in [4.78, 5) is 0. The highest BCUT2D eigenvalue weighted by Crippen LogP contribution is 2.59. The van der Waals surface area contributed by atoms with Crippen LogP contribution in [-0.4, -0.2) is 35.5 Å². The lowest BCUT2D eigenvalue weighted by Crippen LogP contribution is -2.62. The average Bonchev–Trinajstić information content (AvgIpc) is 2.40. The van der Waals surface area contributed by atoms with Gasteiger partial charge in [-0.15, -0.1) is 0 Å². The van der Waals surface area contributed by atoms with Gasteiger partial charge in [0.2, 0.25) is 0 Å². The standard InChI is InChI=1S/C14H25NO2/c16-10-13(14(17)5-7-15-8-6-14)9-11-1-3-12(13)4-2-11/h11-12,15-17H,1-10H2. The Morgan fingerprint density at radius 3 is 2.18 bits per heavy atom. The molecular weight excluding hydrogens is 214 g/mol. The lowest BCUT2D eigenvalue weighted by molar-refractivity contribution is -0.193. The second-order valence-corrected chi connectivity index (χ2v) is 6.52. The Morgan fingerprint density at radius 2 is 1.71 bits per heavy atom. The van der Waals surface area contributed by atoms with Gasteiger partial charge in [0.05, 0.1) is 12.2 Å². The largest absolute Gasteiger partial charge is 0.396 e. The molecule has 4 fully saturated rings. The van der Waals surface area contributed by atoms with Crippen LogP contribution < -0.4 is 5.32 Å². The summed E-state index contributed by atoms with van der Waals surface area (Å²) in [6.07, 6.45) is 7.78. The van der Waals surface area contributed by atoms with Gasteiger partial charge in [-0.1, -0.05) is 12.8 Å². The van der Waals surface area contributed by atoms with Crippen molar-refractivity contribution in [3.8, 4) is 0 Å². The van der Waals surface area contributed by atoms with Gasteiger partial charge in [0.15, 0.2) is 0 Å². The third-order valence-electron chi connectivity index (χ3n) is 5.92. The molecule has 1 aliphatic heterocycles. The molecule has 0 spiro atoms. The summed E-state index contributed by atoms with van der Waals surface area (Å²) in [5.74, 6) is 1.31. The number of nitrogens with one attached hydrogen (secondary N) is 1. The van der Waals surface area contributed by atoms with Gasteiger partial charge in [-0.2, -0.15) is 0 Å². The van der Waals surface area contributed by atoms with Crippen LogP contribution in [-0.2, 0) is 0 Å². The van der Waals surface area contributed by atoms with Crippen LogP contribution in [0.25, 0.3) is 0 Å². The number of fused-ring (bicyclic) bond motifs is 3. The van der Waals surface area contributed by atoms with E-state index in [-0.39, 0.29) is 12.0 Å². The van der Waals surface area contributed by atoms with E-state index in [1.54, 1.807) is 0 Å². The molecule has 4 rings (SSSR count). The van der Waals surface area contributed by atoms with Crippen molar-refractivity contribution in [2.24, 2.45) is 17.3 Å². The predicted molar refractivity (Wildman–Crippen MR) is 66.6 cm³/mol. The number of piperidine rings is 1. The summed E-state index contributed by atoms with van der Waals surface area (Å²) >= 11 is 0. The van der Waals surface area contributed by atoms with E-state index in [2.05, 4.69) is 5.32 Å². The monoisotopic (exact) mass is 239 g/mol. The van der Waals surface area contributed by atoms with Gasteiger partial charge in [-0.05, 0) is 57.0 Å². The van der Waals surface area contributed by atoms with Crippen molar-refractivity contribution < 1.29 is 10.2 Å². The van der Waals surface area contributed by atoms with Crippen molar-refractivity contribution >= 4 is 0 Å². The van der Waals surface area contributed by atoms with E-state index in [0.29, 0.717) is 5.92 Å². The molecule has 3 N–H and O–H groups in total. The van der Waals surface area contributed by atoms with Crippen LogP contribution in [0, 0.1) is 17.3 Å². The molecule has 1 atom stereocenters. The smallest absolute Gasteiger partial charge is 0.0752 e. The Hall–Kier alpha value is -0.120. The maximum absolute atomic E-state index is 11.1. The fraction of sp³-hybridized carbons (Fsp3) is 1.00. The first-order valence-corrected chi connectivity index (χ1v) is 7.24. The molecule has 0 aromatic rings. The molecule has 2 bridgehead atoms. The Labute approximate surface area is 104 Å². The van der Waals surface area contributed by atoms with Crippen molar-refractivity contribution in [2.75, 3.05) is 19.7 Å². The highest BCUT2D eigenvalue weighted by molar-refractivity contribution is 5.09. The Morgan fingerprint density at radius 1 is 1.06 bits per heavy atom. The van der Waals surface area contributed by atoms with Crippen molar-refractivity contribution in [3.63, 3.8) is 0 Å². The normalized spacial score (nSPS) is 44.8. The number of aliphatic hydroxyl groups excluding tert-OH is 1. The van der Waals surface area contributed by atoms with Crippen LogP contribution >= 0.6 is 0 Å². The fourth-order valence-corrected chi connectivity index (χ4v) is 4.85. The van der Waals surface area contributed by atoms with Crippen molar-refractivity contribution in [1.29, 1.82) is 0 Å². The topological polar surface area (TPSA) is 52.5 Å². The lowest BCUT2D eigenvalue weighted by atomic mass is 9.49. The quantitative estimate of drug-likeness (QED) is 0.680. The molecule has 3 heteroatoms. The number of hydrogen-bond donors (Lipinski definition) is 3. The van der Waals surface area contributed by atoms with Gasteiger partial charge in [0, 0.05) is 5.41 Å². The summed E-state index contributed by atoms with van der Waals surface area (Å²) in [5, 5.41) is 24.4. The molecule has 3 aliphatic carbocycles. The number of hydrogen-bond acceptors (Lipinski definition) is 3. The number of rotatable bonds is 2. The first-order valence-electron chi connectivity index (χ1n) is 7.24. The summed E-state index contributed by atoms with van der Waals surface area (Å²) in [5.41, 5.74) is -0.799. The van der Waals surface area contributed by atoms with Crippen LogP contribution in [0.5, 0.6) is 0 Å². The molecule has 1 unspecified atom stereocenters. The van der Waals surface area contributed by atoms with Gasteiger partial charge < -0.3 is 15.5 Å². The zero-order chi connectivity index (χ0) is 11.9. The molecule has 0 aromatic carbocycles. The summed E-state index contributed by atoms with van der Waals surface area (Å²) in [6.45, 7) is 1.98. The lowest BCUT2D eigenvalue weighted by Gasteiger charge is -2.59. The zero-order valence-corrected chi connectivity index (χ0v) is 10.6. The third-order valence-corrected chi connectivity index (χ3v) is 5.92. The van der Waals surface area contributed by atoms with Crippen LogP contribution in [0.4, 0.5) is 0 Å². The highest BCUT2D eigenvalue weighted by Gasteiger charge is 2.58. The second-order valence-electron chi connectivity index (χ2n) is 6.52. The van der Waals surface area contributed by atoms with Gasteiger partial charge in [-0.25, -0.2) is 0 Å². The molecule has 0 amide bonds. The van der Waals surface area contributed by atoms with Crippen molar-refractivity contribution in [3.05, 3.63) is 0 Å². The van der Waals surface area contributed by atoms with Gasteiger partial charge in [0.25, 0.3) is 0 Å². The van der Waals surface area contributed by atoms with E-state index in [4.69, 9.17) is 0 Å². The van der Waals surface area contributed by atoms with E-state index in [9.17, 15) is 10.2 Å². The van der Waals surface area contributed by atoms with Crippen molar-refractivity contribution in [1.82, 2.24) is 5.32 Å². The van der Waals surface area contributed by atoms with Crippen molar-refractivity contribution in [2.45, 2.75) is 50.5 Å². The van der Waals surface area contributed by atoms with Gasteiger partial charge in [0.1, 0.15) is 0 Å². The zero-order valence-electron chi connectivity index (χ0n) is 10.6. The van der Waals surface area contributed by atoms with E-state index in [1.807, 2.05) is 0 Å². The maximum Gasteiger partial charge on any atom is 0.0752 e. The maximum atomic E-state index is 11.1. The molecule has 1 saturated heterocycles. The molecule has 17 heavy (non-hydrogen) atoms. The minimum atomic E-state index is -0.614. The SMILES string of the molecule is OCC1(C2(O)CCNCC2)CC2CCC1CC2. The molecule has 3 nitrogen and oxygen atoms in total. The minimum Gasteiger partial charge on any atom is -0.396 e. The summed E-state index contributed by atoms with van der Waals surface area (Å²) in [6, 6.07) is 0. The molecule has 4 aliphatic rings. The molecule has 1 heterocycles. The van der Waals surface area contributed by atoms with E-state index in [1.165, 1.54) is 25.7 Å². The molecule has 0 aromatic heterocycles. The average molecular weight is 239 g/mol. The highest BCUT2D eigenvalue weighted by atomic mass is 16.3. The Bertz CT molecular complexity index is 280. The van der Waals surface area contributed by atoms with Gasteiger partial charge >= 0.3 is 0 Å². The van der Waals surface area contributed by atoms with Crippen LogP contribution in [0.3, 0.4) is 0 Å². The Balaban J connectivity index is 1.90. The van der Waals surface area contributed by atoms with Crippen LogP contribution in [0.2, 0.25) is 0 Å². The first-order chi connectivity index (χ1) is 8.20. The van der Waals surface area contributed by atoms with Gasteiger partial charge in [-0.3, -0.25) is 0 Å². The predicted octanol–water partition coefficient (Wildman–Crippen LogP) is 1.29. The second kappa shape index (κ2) is 4.22.